The van der Waals surface area contributed by atoms with Crippen molar-refractivity contribution in [1.29, 1.82) is 0 Å². The molecule has 106 valence electrons. The predicted octanol–water partition coefficient (Wildman–Crippen LogP) is 0.885. The Morgan fingerprint density at radius 2 is 2.37 bits per heavy atom. The second-order valence-electron chi connectivity index (χ2n) is 5.53. The number of hydrogen-bond donors (Lipinski definition) is 2. The fourth-order valence-corrected chi connectivity index (χ4v) is 3.05. The van der Waals surface area contributed by atoms with Crippen molar-refractivity contribution >= 4 is 5.95 Å². The molecule has 1 aromatic heterocycles. The molecule has 3 atom stereocenters. The van der Waals surface area contributed by atoms with E-state index in [9.17, 15) is 0 Å². The Labute approximate surface area is 113 Å². The van der Waals surface area contributed by atoms with Crippen LogP contribution >= 0.6 is 0 Å². The summed E-state index contributed by atoms with van der Waals surface area (Å²) in [6.45, 7) is 8.13. The van der Waals surface area contributed by atoms with Gasteiger partial charge in [0.2, 0.25) is 5.95 Å². The summed E-state index contributed by atoms with van der Waals surface area (Å²) >= 11 is 0. The maximum atomic E-state index is 5.73. The summed E-state index contributed by atoms with van der Waals surface area (Å²) < 4.78 is 5.73. The zero-order valence-electron chi connectivity index (χ0n) is 11.7. The van der Waals surface area contributed by atoms with E-state index >= 15 is 0 Å². The van der Waals surface area contributed by atoms with Crippen LogP contribution in [0.15, 0.2) is 0 Å². The average Bonchev–Trinajstić information content (AvgIpc) is 3.07. The van der Waals surface area contributed by atoms with Gasteiger partial charge in [-0.05, 0) is 19.8 Å². The summed E-state index contributed by atoms with van der Waals surface area (Å²) in [5, 5.41) is 10.9. The van der Waals surface area contributed by atoms with E-state index in [1.165, 1.54) is 0 Å². The Hall–Kier alpha value is -1.14. The highest BCUT2D eigenvalue weighted by Gasteiger charge is 2.31. The van der Waals surface area contributed by atoms with Crippen LogP contribution in [0.5, 0.6) is 0 Å². The largest absolute Gasteiger partial charge is 0.377 e. The Balaban J connectivity index is 1.72. The third kappa shape index (κ3) is 2.60. The van der Waals surface area contributed by atoms with Gasteiger partial charge in [-0.15, -0.1) is 5.10 Å². The number of nitrogens with zero attached hydrogens (tertiary/aromatic N) is 3. The number of anilines is 1. The topological polar surface area (TPSA) is 66.1 Å². The lowest BCUT2D eigenvalue weighted by atomic mass is 9.99. The normalized spacial score (nSPS) is 31.9. The van der Waals surface area contributed by atoms with E-state index in [4.69, 9.17) is 9.72 Å². The van der Waals surface area contributed by atoms with Gasteiger partial charge in [-0.25, -0.2) is 0 Å². The highest BCUT2D eigenvalue weighted by Crippen LogP contribution is 2.31. The Morgan fingerprint density at radius 3 is 3.16 bits per heavy atom. The van der Waals surface area contributed by atoms with E-state index in [0.29, 0.717) is 18.1 Å². The summed E-state index contributed by atoms with van der Waals surface area (Å²) in [6, 6.07) is 0.494. The lowest BCUT2D eigenvalue weighted by molar-refractivity contribution is 0.0994. The third-order valence-corrected chi connectivity index (χ3v) is 4.11. The van der Waals surface area contributed by atoms with Crippen molar-refractivity contribution in [3.8, 4) is 0 Å². The molecule has 19 heavy (non-hydrogen) atoms. The maximum absolute atomic E-state index is 5.73. The van der Waals surface area contributed by atoms with Crippen molar-refractivity contribution in [3.63, 3.8) is 0 Å². The molecular formula is C13H23N5O. The van der Waals surface area contributed by atoms with E-state index in [1.54, 1.807) is 0 Å². The Bertz CT molecular complexity index is 421. The second-order valence-corrected chi connectivity index (χ2v) is 5.53. The monoisotopic (exact) mass is 265 g/mol. The zero-order chi connectivity index (χ0) is 13.2. The predicted molar refractivity (Wildman–Crippen MR) is 73.4 cm³/mol. The first-order valence-electron chi connectivity index (χ1n) is 7.30. The minimum Gasteiger partial charge on any atom is -0.377 e. The SMILES string of the molecule is CCC1OCCC1c1nc(N2CCN[C@@H](C)C2)n[nH]1. The molecule has 0 spiro atoms. The summed E-state index contributed by atoms with van der Waals surface area (Å²) in [4.78, 5) is 6.95. The summed E-state index contributed by atoms with van der Waals surface area (Å²) in [5.74, 6) is 2.21. The van der Waals surface area contributed by atoms with Gasteiger partial charge < -0.3 is 15.0 Å². The lowest BCUT2D eigenvalue weighted by Crippen LogP contribution is -2.49. The molecule has 0 aromatic carbocycles. The molecule has 2 aliphatic heterocycles. The molecule has 0 radical (unpaired) electrons. The van der Waals surface area contributed by atoms with Gasteiger partial charge in [0, 0.05) is 38.2 Å². The highest BCUT2D eigenvalue weighted by molar-refractivity contribution is 5.31. The molecule has 1 aromatic rings. The van der Waals surface area contributed by atoms with Crippen LogP contribution in [0.25, 0.3) is 0 Å². The smallest absolute Gasteiger partial charge is 0.244 e. The number of ether oxygens (including phenoxy) is 1. The molecule has 0 bridgehead atoms. The molecule has 0 amide bonds. The van der Waals surface area contributed by atoms with Gasteiger partial charge in [0.05, 0.1) is 6.10 Å². The lowest BCUT2D eigenvalue weighted by Gasteiger charge is -2.30. The highest BCUT2D eigenvalue weighted by atomic mass is 16.5. The Kier molecular flexibility index (Phi) is 3.70. The van der Waals surface area contributed by atoms with Crippen molar-refractivity contribution in [2.45, 2.75) is 44.8 Å². The third-order valence-electron chi connectivity index (χ3n) is 4.11. The minimum absolute atomic E-state index is 0.294. The first-order chi connectivity index (χ1) is 9.28. The molecule has 2 aliphatic rings. The molecule has 2 fully saturated rings. The number of aromatic nitrogens is 3. The number of aromatic amines is 1. The number of piperazine rings is 1. The molecule has 3 rings (SSSR count). The van der Waals surface area contributed by atoms with Crippen LogP contribution in [0.4, 0.5) is 5.95 Å². The molecule has 3 heterocycles. The molecule has 6 heteroatoms. The van der Waals surface area contributed by atoms with E-state index in [-0.39, 0.29) is 0 Å². The van der Waals surface area contributed by atoms with Gasteiger partial charge in [-0.2, -0.15) is 4.98 Å². The van der Waals surface area contributed by atoms with E-state index in [0.717, 1.165) is 50.9 Å². The maximum Gasteiger partial charge on any atom is 0.244 e. The van der Waals surface area contributed by atoms with Crippen LogP contribution < -0.4 is 10.2 Å². The van der Waals surface area contributed by atoms with Gasteiger partial charge in [0.1, 0.15) is 5.82 Å². The van der Waals surface area contributed by atoms with Crippen LogP contribution in [0.3, 0.4) is 0 Å². The van der Waals surface area contributed by atoms with E-state index < -0.39 is 0 Å². The molecule has 2 saturated heterocycles. The first kappa shape index (κ1) is 12.9. The zero-order valence-corrected chi connectivity index (χ0v) is 11.7. The second kappa shape index (κ2) is 5.46. The van der Waals surface area contributed by atoms with Crippen LogP contribution in [-0.2, 0) is 4.74 Å². The molecule has 2 N–H and O–H groups in total. The quantitative estimate of drug-likeness (QED) is 0.849. The summed E-state index contributed by atoms with van der Waals surface area (Å²) in [7, 11) is 0. The molecule has 0 aliphatic carbocycles. The fraction of sp³-hybridized carbons (Fsp3) is 0.846. The summed E-state index contributed by atoms with van der Waals surface area (Å²) in [6.07, 6.45) is 2.37. The van der Waals surface area contributed by atoms with Gasteiger partial charge in [0.25, 0.3) is 0 Å². The fourth-order valence-electron chi connectivity index (χ4n) is 3.05. The van der Waals surface area contributed by atoms with Crippen molar-refractivity contribution in [2.24, 2.45) is 0 Å². The van der Waals surface area contributed by atoms with Crippen LogP contribution in [0.2, 0.25) is 0 Å². The number of rotatable bonds is 3. The minimum atomic E-state index is 0.294. The van der Waals surface area contributed by atoms with E-state index in [1.807, 2.05) is 0 Å². The van der Waals surface area contributed by atoms with Crippen molar-refractivity contribution in [2.75, 3.05) is 31.1 Å². The molecular weight excluding hydrogens is 242 g/mol. The van der Waals surface area contributed by atoms with Crippen LogP contribution in [0, 0.1) is 0 Å². The number of hydrogen-bond acceptors (Lipinski definition) is 5. The van der Waals surface area contributed by atoms with E-state index in [2.05, 4.69) is 34.3 Å². The Morgan fingerprint density at radius 1 is 1.47 bits per heavy atom. The molecule has 2 unspecified atom stereocenters. The summed E-state index contributed by atoms with van der Waals surface area (Å²) in [5.41, 5.74) is 0. The number of nitrogens with one attached hydrogen (secondary N) is 2. The molecule has 6 nitrogen and oxygen atoms in total. The number of H-pyrrole nitrogens is 1. The molecule has 0 saturated carbocycles. The average molecular weight is 265 g/mol. The first-order valence-corrected chi connectivity index (χ1v) is 7.30. The van der Waals surface area contributed by atoms with Crippen LogP contribution in [0.1, 0.15) is 38.4 Å². The van der Waals surface area contributed by atoms with Gasteiger partial charge in [-0.1, -0.05) is 6.92 Å². The van der Waals surface area contributed by atoms with Crippen LogP contribution in [-0.4, -0.2) is 53.6 Å². The van der Waals surface area contributed by atoms with Gasteiger partial charge in [0.15, 0.2) is 0 Å². The van der Waals surface area contributed by atoms with Crippen molar-refractivity contribution in [1.82, 2.24) is 20.5 Å². The van der Waals surface area contributed by atoms with Crippen molar-refractivity contribution < 1.29 is 4.74 Å². The van der Waals surface area contributed by atoms with Crippen molar-refractivity contribution in [3.05, 3.63) is 5.82 Å². The van der Waals surface area contributed by atoms with Gasteiger partial charge >= 0.3 is 0 Å². The van der Waals surface area contributed by atoms with Gasteiger partial charge in [-0.3, -0.25) is 5.10 Å². The standard InChI is InChI=1S/C13H23N5O/c1-3-11-10(4-7-19-11)12-15-13(17-16-12)18-6-5-14-9(2)8-18/h9-11,14H,3-8H2,1-2H3,(H,15,16,17)/t9-,10?,11?/m0/s1.